The smallest absolute Gasteiger partial charge is 0.212 e. The Morgan fingerprint density at radius 1 is 1.00 bits per heavy atom. The van der Waals surface area contributed by atoms with Crippen LogP contribution in [0.5, 0.6) is 0 Å². The number of hydrogen-bond acceptors (Lipinski definition) is 0. The zero-order chi connectivity index (χ0) is 30.0. The van der Waals surface area contributed by atoms with E-state index in [1.54, 1.807) is 12.1 Å². The summed E-state index contributed by atoms with van der Waals surface area (Å²) in [5.74, 6) is -0.856. The highest BCUT2D eigenvalue weighted by Crippen LogP contribution is 2.41. The molecule has 0 saturated heterocycles. The van der Waals surface area contributed by atoms with Crippen LogP contribution < -0.4 is 0 Å². The molecule has 0 aromatic heterocycles. The molecule has 1 aliphatic rings. The molecule has 0 atom stereocenters. The Bertz CT molecular complexity index is 1190. The highest BCUT2D eigenvalue weighted by Gasteiger charge is 2.31. The average molecular weight is 547 g/mol. The molecule has 2 rings (SSSR count). The molecule has 0 bridgehead atoms. The number of allylic oxidation sites excluding steroid dienone is 12. The Hall–Kier alpha value is -2.95. The fraction of sp³-hybridized carbons (Fsp3) is 0.412. The van der Waals surface area contributed by atoms with Crippen LogP contribution >= 0.6 is 0 Å². The molecule has 214 valence electrons. The van der Waals surface area contributed by atoms with Crippen molar-refractivity contribution >= 4 is 5.57 Å². The molecular weight excluding hydrogens is 503 g/mol. The van der Waals surface area contributed by atoms with Crippen LogP contribution in [0.3, 0.4) is 0 Å². The van der Waals surface area contributed by atoms with Crippen molar-refractivity contribution in [3.05, 3.63) is 112 Å². The summed E-state index contributed by atoms with van der Waals surface area (Å²) in [6.45, 7) is 20.4. The van der Waals surface area contributed by atoms with E-state index in [2.05, 4.69) is 46.4 Å². The number of rotatable bonds is 8. The zero-order valence-corrected chi connectivity index (χ0v) is 24.6. The van der Waals surface area contributed by atoms with Crippen molar-refractivity contribution in [1.82, 2.24) is 0 Å². The standard InChI is InChI=1S/C25H31F3.C9H12F2/c1-16(2)24(6,7)19(5)13-11-17(3)21-9-8-10-22(21)23-15-20(25(26,27)28)14-12-18(23)4;1-3-8(2)5-4-6-9(11)7-10/h11-15H,1,8-10H2,2-7H3;4-7H,3H2,1-2H3/b17-11+,19-13-;6-4-,8-5+,9-7-. The predicted octanol–water partition coefficient (Wildman–Crippen LogP) is 12.1. The van der Waals surface area contributed by atoms with Crippen molar-refractivity contribution in [3.8, 4) is 0 Å². The highest BCUT2D eigenvalue weighted by molar-refractivity contribution is 5.76. The lowest BCUT2D eigenvalue weighted by molar-refractivity contribution is -0.137. The summed E-state index contributed by atoms with van der Waals surface area (Å²) < 4.78 is 63.0. The summed E-state index contributed by atoms with van der Waals surface area (Å²) in [4.78, 5) is 0. The average Bonchev–Trinajstić information content (AvgIpc) is 3.36. The first-order valence-corrected chi connectivity index (χ1v) is 13.3. The van der Waals surface area contributed by atoms with Crippen LogP contribution in [-0.4, -0.2) is 0 Å². The van der Waals surface area contributed by atoms with Gasteiger partial charge in [-0.05, 0) is 106 Å². The van der Waals surface area contributed by atoms with E-state index in [4.69, 9.17) is 0 Å². The molecule has 0 N–H and O–H groups in total. The third kappa shape index (κ3) is 10.3. The van der Waals surface area contributed by atoms with Gasteiger partial charge in [-0.3, -0.25) is 0 Å². The lowest BCUT2D eigenvalue weighted by Crippen LogP contribution is -2.13. The van der Waals surface area contributed by atoms with E-state index in [-0.39, 0.29) is 11.7 Å². The molecule has 0 unspecified atom stereocenters. The van der Waals surface area contributed by atoms with E-state index in [1.165, 1.54) is 29.4 Å². The first-order chi connectivity index (χ1) is 18.1. The van der Waals surface area contributed by atoms with Gasteiger partial charge in [-0.25, -0.2) is 8.78 Å². The van der Waals surface area contributed by atoms with Crippen molar-refractivity contribution in [2.45, 2.75) is 87.2 Å². The number of aryl methyl sites for hydroxylation is 1. The summed E-state index contributed by atoms with van der Waals surface area (Å²) in [7, 11) is 0. The van der Waals surface area contributed by atoms with Crippen molar-refractivity contribution in [3.63, 3.8) is 0 Å². The first-order valence-electron chi connectivity index (χ1n) is 13.3. The summed E-state index contributed by atoms with van der Waals surface area (Å²) in [5.41, 5.74) is 7.79. The maximum absolute atomic E-state index is 13.2. The lowest BCUT2D eigenvalue weighted by Gasteiger charge is -2.26. The van der Waals surface area contributed by atoms with Crippen molar-refractivity contribution in [2.24, 2.45) is 5.41 Å². The normalized spacial score (nSPS) is 16.1. The van der Waals surface area contributed by atoms with Gasteiger partial charge in [0, 0.05) is 5.41 Å². The molecule has 0 spiro atoms. The van der Waals surface area contributed by atoms with Gasteiger partial charge < -0.3 is 0 Å². The molecule has 0 heterocycles. The van der Waals surface area contributed by atoms with Crippen molar-refractivity contribution in [2.75, 3.05) is 0 Å². The van der Waals surface area contributed by atoms with Gasteiger partial charge >= 0.3 is 6.18 Å². The Balaban J connectivity index is 0.000000584. The van der Waals surface area contributed by atoms with Gasteiger partial charge in [0.05, 0.1) is 5.56 Å². The quantitative estimate of drug-likeness (QED) is 0.173. The van der Waals surface area contributed by atoms with Crippen LogP contribution in [0.25, 0.3) is 5.57 Å². The molecule has 0 saturated carbocycles. The fourth-order valence-corrected chi connectivity index (χ4v) is 3.95. The zero-order valence-electron chi connectivity index (χ0n) is 24.6. The van der Waals surface area contributed by atoms with Crippen LogP contribution in [0.4, 0.5) is 22.0 Å². The number of alkyl halides is 3. The van der Waals surface area contributed by atoms with Crippen LogP contribution in [-0.2, 0) is 6.18 Å². The van der Waals surface area contributed by atoms with Crippen molar-refractivity contribution < 1.29 is 22.0 Å². The molecule has 39 heavy (non-hydrogen) atoms. The monoisotopic (exact) mass is 546 g/mol. The highest BCUT2D eigenvalue weighted by atomic mass is 19.4. The fourth-order valence-electron chi connectivity index (χ4n) is 3.95. The number of hydrogen-bond donors (Lipinski definition) is 0. The third-order valence-corrected chi connectivity index (χ3v) is 7.52. The Morgan fingerprint density at radius 2 is 1.64 bits per heavy atom. The second-order valence-electron chi connectivity index (χ2n) is 10.7. The molecule has 0 nitrogen and oxygen atoms in total. The first kappa shape index (κ1) is 34.1. The molecule has 0 amide bonds. The van der Waals surface area contributed by atoms with Crippen LogP contribution in [0.1, 0.15) is 90.8 Å². The predicted molar refractivity (Wildman–Crippen MR) is 157 cm³/mol. The summed E-state index contributed by atoms with van der Waals surface area (Å²) in [6.07, 6.45) is 7.79. The van der Waals surface area contributed by atoms with Gasteiger partial charge in [0.1, 0.15) is 6.33 Å². The Kier molecular flexibility index (Phi) is 13.1. The SMILES string of the molecule is C=C(C)C(C)(C)/C(C)=C\C=C(/C)C1=C(c2cc(C(F)(F)F)ccc2C)CCC1.CC/C(C)=C/C=C\C(F)=C\F. The third-order valence-electron chi connectivity index (χ3n) is 7.52. The lowest BCUT2D eigenvalue weighted by atomic mass is 9.79. The molecule has 1 aromatic rings. The van der Waals surface area contributed by atoms with E-state index in [1.807, 2.05) is 27.7 Å². The van der Waals surface area contributed by atoms with Gasteiger partial charge in [-0.1, -0.05) is 74.4 Å². The molecule has 0 radical (unpaired) electrons. The van der Waals surface area contributed by atoms with Gasteiger partial charge in [0.2, 0.25) is 0 Å². The molecule has 0 fully saturated rings. The molecule has 1 aromatic carbocycles. The van der Waals surface area contributed by atoms with E-state index in [0.717, 1.165) is 65.2 Å². The van der Waals surface area contributed by atoms with Gasteiger partial charge in [-0.15, -0.1) is 0 Å². The molecule has 0 aliphatic heterocycles. The van der Waals surface area contributed by atoms with Crippen LogP contribution in [0.2, 0.25) is 0 Å². The van der Waals surface area contributed by atoms with Gasteiger partial charge in [0.15, 0.2) is 5.83 Å². The minimum absolute atomic E-state index is 0.0639. The Morgan fingerprint density at radius 3 is 2.18 bits per heavy atom. The minimum atomic E-state index is -4.32. The van der Waals surface area contributed by atoms with E-state index in [0.29, 0.717) is 0 Å². The second-order valence-corrected chi connectivity index (χ2v) is 10.7. The molecular formula is C34H43F5. The van der Waals surface area contributed by atoms with E-state index >= 15 is 0 Å². The largest absolute Gasteiger partial charge is 0.416 e. The number of benzene rings is 1. The van der Waals surface area contributed by atoms with E-state index in [9.17, 15) is 22.0 Å². The maximum Gasteiger partial charge on any atom is 0.416 e. The van der Waals surface area contributed by atoms with Gasteiger partial charge in [-0.2, -0.15) is 13.2 Å². The van der Waals surface area contributed by atoms with Crippen LogP contribution in [0.15, 0.2) is 95.2 Å². The van der Waals surface area contributed by atoms with E-state index < -0.39 is 17.6 Å². The molecule has 5 heteroatoms. The molecule has 1 aliphatic carbocycles. The second kappa shape index (κ2) is 15.0. The summed E-state index contributed by atoms with van der Waals surface area (Å²) in [6, 6.07) is 4.07. The topological polar surface area (TPSA) is 0 Å². The van der Waals surface area contributed by atoms with Crippen LogP contribution in [0, 0.1) is 12.3 Å². The summed E-state index contributed by atoms with van der Waals surface area (Å²) in [5, 5.41) is 0. The maximum atomic E-state index is 13.2. The summed E-state index contributed by atoms with van der Waals surface area (Å²) >= 11 is 0. The Labute approximate surface area is 232 Å². The minimum Gasteiger partial charge on any atom is -0.212 e. The number of halogens is 5. The van der Waals surface area contributed by atoms with Crippen molar-refractivity contribution in [1.29, 1.82) is 0 Å². The van der Waals surface area contributed by atoms with Gasteiger partial charge in [0.25, 0.3) is 0 Å².